The Hall–Kier alpha value is -4.07. The maximum absolute atomic E-state index is 13.1. The predicted octanol–water partition coefficient (Wildman–Crippen LogP) is 4.95. The van der Waals surface area contributed by atoms with Crippen LogP contribution in [0.1, 0.15) is 12.5 Å². The first-order valence-corrected chi connectivity index (χ1v) is 11.0. The second-order valence-corrected chi connectivity index (χ2v) is 7.75. The quantitative estimate of drug-likeness (QED) is 0.336. The van der Waals surface area contributed by atoms with Crippen molar-refractivity contribution in [3.63, 3.8) is 0 Å². The van der Waals surface area contributed by atoms with Crippen molar-refractivity contribution in [3.05, 3.63) is 84.2 Å². The number of anilines is 1. The fourth-order valence-electron chi connectivity index (χ4n) is 3.40. The predicted molar refractivity (Wildman–Crippen MR) is 126 cm³/mol. The fourth-order valence-corrected chi connectivity index (χ4v) is 3.40. The van der Waals surface area contributed by atoms with Gasteiger partial charge in [0.05, 0.1) is 6.54 Å². The summed E-state index contributed by atoms with van der Waals surface area (Å²) in [5.74, 6) is -0.255. The number of nitrogens with zero attached hydrogens (tertiary/aromatic N) is 2. The summed E-state index contributed by atoms with van der Waals surface area (Å²) in [6.07, 6.45) is -0.288. The SMILES string of the molecule is CC(Oc1cccc(CCN(CCOc2ccc(F)cc2)c2nc3ccccc3o2)c1)C(=O)O. The zero-order chi connectivity index (χ0) is 23.9. The lowest BCUT2D eigenvalue weighted by Gasteiger charge is -2.21. The number of halogens is 1. The second-order valence-electron chi connectivity index (χ2n) is 7.75. The molecule has 0 bridgehead atoms. The number of hydrogen-bond donors (Lipinski definition) is 1. The van der Waals surface area contributed by atoms with Crippen molar-refractivity contribution >= 4 is 23.1 Å². The fraction of sp³-hybridized carbons (Fsp3) is 0.231. The third-order valence-corrected chi connectivity index (χ3v) is 5.23. The Balaban J connectivity index is 1.45. The van der Waals surface area contributed by atoms with Crippen molar-refractivity contribution in [1.29, 1.82) is 0 Å². The van der Waals surface area contributed by atoms with Gasteiger partial charge in [-0.05, 0) is 67.4 Å². The van der Waals surface area contributed by atoms with Gasteiger partial charge in [0.1, 0.15) is 29.4 Å². The van der Waals surface area contributed by atoms with Crippen LogP contribution in [0, 0.1) is 5.82 Å². The highest BCUT2D eigenvalue weighted by Gasteiger charge is 2.16. The van der Waals surface area contributed by atoms with Crippen LogP contribution < -0.4 is 14.4 Å². The van der Waals surface area contributed by atoms with Gasteiger partial charge in [-0.2, -0.15) is 4.98 Å². The largest absolute Gasteiger partial charge is 0.492 e. The van der Waals surface area contributed by atoms with E-state index in [2.05, 4.69) is 4.98 Å². The second kappa shape index (κ2) is 10.7. The molecule has 0 amide bonds. The molecule has 0 aliphatic carbocycles. The molecule has 34 heavy (non-hydrogen) atoms. The van der Waals surface area contributed by atoms with Crippen molar-refractivity contribution < 1.29 is 28.2 Å². The minimum atomic E-state index is -1.02. The van der Waals surface area contributed by atoms with E-state index in [1.807, 2.05) is 47.4 Å². The molecule has 8 heteroatoms. The maximum Gasteiger partial charge on any atom is 0.344 e. The van der Waals surface area contributed by atoms with Crippen molar-refractivity contribution in [2.45, 2.75) is 19.4 Å². The molecule has 1 N–H and O–H groups in total. The van der Waals surface area contributed by atoms with E-state index >= 15 is 0 Å². The number of hydrogen-bond acceptors (Lipinski definition) is 6. The van der Waals surface area contributed by atoms with Crippen LogP contribution >= 0.6 is 0 Å². The maximum atomic E-state index is 13.1. The number of carbonyl (C=O) groups is 1. The number of carboxylic acids is 1. The molecular formula is C26H25FN2O5. The molecule has 0 aliphatic heterocycles. The molecular weight excluding hydrogens is 439 g/mol. The zero-order valence-corrected chi connectivity index (χ0v) is 18.7. The molecule has 1 unspecified atom stereocenters. The molecule has 3 aromatic carbocycles. The smallest absolute Gasteiger partial charge is 0.344 e. The van der Waals surface area contributed by atoms with Gasteiger partial charge < -0.3 is 23.9 Å². The van der Waals surface area contributed by atoms with Gasteiger partial charge >= 0.3 is 5.97 Å². The number of carboxylic acid groups (broad SMARTS) is 1. The molecule has 1 atom stereocenters. The summed E-state index contributed by atoms with van der Waals surface area (Å²) in [4.78, 5) is 17.7. The molecule has 0 fully saturated rings. The van der Waals surface area contributed by atoms with Gasteiger partial charge in [0, 0.05) is 6.54 Å². The number of rotatable bonds is 11. The standard InChI is InChI=1S/C26H25FN2O5/c1-18(25(30)31)33-22-6-4-5-19(17-22)13-14-29(15-16-32-21-11-9-20(27)10-12-21)26-28-23-7-2-3-8-24(23)34-26/h2-12,17-18H,13-16H2,1H3,(H,30,31). The highest BCUT2D eigenvalue weighted by molar-refractivity contribution is 5.74. The first-order chi connectivity index (χ1) is 16.5. The van der Waals surface area contributed by atoms with E-state index < -0.39 is 12.1 Å². The Morgan fingerprint density at radius 3 is 2.62 bits per heavy atom. The molecule has 0 saturated heterocycles. The number of aliphatic carboxylic acids is 1. The first kappa shape index (κ1) is 23.1. The topological polar surface area (TPSA) is 85.0 Å². The van der Waals surface area contributed by atoms with Gasteiger partial charge in [-0.3, -0.25) is 0 Å². The summed E-state index contributed by atoms with van der Waals surface area (Å²) < 4.78 is 30.3. The Kier molecular flexibility index (Phi) is 7.27. The van der Waals surface area contributed by atoms with E-state index in [-0.39, 0.29) is 5.82 Å². The van der Waals surface area contributed by atoms with Crippen LogP contribution in [0.5, 0.6) is 11.5 Å². The first-order valence-electron chi connectivity index (χ1n) is 11.0. The lowest BCUT2D eigenvalue weighted by Crippen LogP contribution is -2.30. The van der Waals surface area contributed by atoms with Crippen LogP contribution in [0.25, 0.3) is 11.1 Å². The molecule has 0 saturated carbocycles. The molecule has 1 heterocycles. The van der Waals surface area contributed by atoms with Gasteiger partial charge in [-0.25, -0.2) is 9.18 Å². The highest BCUT2D eigenvalue weighted by atomic mass is 19.1. The summed E-state index contributed by atoms with van der Waals surface area (Å²) >= 11 is 0. The minimum Gasteiger partial charge on any atom is -0.492 e. The number of oxazole rings is 1. The van der Waals surface area contributed by atoms with E-state index in [0.717, 1.165) is 11.1 Å². The van der Waals surface area contributed by atoms with Gasteiger partial charge in [0.15, 0.2) is 11.7 Å². The van der Waals surface area contributed by atoms with Crippen LogP contribution in [-0.4, -0.2) is 41.9 Å². The summed E-state index contributed by atoms with van der Waals surface area (Å²) in [5.41, 5.74) is 2.44. The Bertz CT molecular complexity index is 1210. The van der Waals surface area contributed by atoms with Crippen molar-refractivity contribution in [1.82, 2.24) is 4.98 Å². The van der Waals surface area contributed by atoms with E-state index in [0.29, 0.717) is 49.2 Å². The number of benzene rings is 3. The highest BCUT2D eigenvalue weighted by Crippen LogP contribution is 2.23. The monoisotopic (exact) mass is 464 g/mol. The Morgan fingerprint density at radius 1 is 1.06 bits per heavy atom. The van der Waals surface area contributed by atoms with Gasteiger partial charge in [0.25, 0.3) is 6.01 Å². The molecule has 1 aromatic heterocycles. The molecule has 0 radical (unpaired) electrons. The summed E-state index contributed by atoms with van der Waals surface area (Å²) in [7, 11) is 0. The number of fused-ring (bicyclic) bond motifs is 1. The minimum absolute atomic E-state index is 0.315. The van der Waals surface area contributed by atoms with Crippen LogP contribution in [0.2, 0.25) is 0 Å². The lowest BCUT2D eigenvalue weighted by molar-refractivity contribution is -0.144. The molecule has 176 valence electrons. The van der Waals surface area contributed by atoms with E-state index in [1.54, 1.807) is 18.2 Å². The molecule has 0 spiro atoms. The normalized spacial score (nSPS) is 11.8. The average Bonchev–Trinajstić information content (AvgIpc) is 3.27. The molecule has 0 aliphatic rings. The van der Waals surface area contributed by atoms with Crippen molar-refractivity contribution in [3.8, 4) is 11.5 Å². The van der Waals surface area contributed by atoms with Crippen LogP contribution in [-0.2, 0) is 11.2 Å². The molecule has 4 aromatic rings. The van der Waals surface area contributed by atoms with Gasteiger partial charge in [0.2, 0.25) is 0 Å². The van der Waals surface area contributed by atoms with Crippen molar-refractivity contribution in [2.75, 3.05) is 24.6 Å². The van der Waals surface area contributed by atoms with Crippen molar-refractivity contribution in [2.24, 2.45) is 0 Å². The number of aromatic nitrogens is 1. The summed E-state index contributed by atoms with van der Waals surface area (Å²) in [6.45, 7) is 2.92. The van der Waals surface area contributed by atoms with E-state index in [1.165, 1.54) is 19.1 Å². The van der Waals surface area contributed by atoms with Crippen LogP contribution in [0.4, 0.5) is 10.4 Å². The van der Waals surface area contributed by atoms with Crippen LogP contribution in [0.15, 0.2) is 77.2 Å². The number of ether oxygens (including phenoxy) is 2. The summed E-state index contributed by atoms with van der Waals surface area (Å²) in [5, 5.41) is 9.07. The van der Waals surface area contributed by atoms with E-state index in [9.17, 15) is 9.18 Å². The lowest BCUT2D eigenvalue weighted by atomic mass is 10.1. The van der Waals surface area contributed by atoms with Gasteiger partial charge in [-0.1, -0.05) is 24.3 Å². The number of para-hydroxylation sites is 2. The third-order valence-electron chi connectivity index (χ3n) is 5.23. The zero-order valence-electron chi connectivity index (χ0n) is 18.7. The Morgan fingerprint density at radius 2 is 1.85 bits per heavy atom. The summed E-state index contributed by atoms with van der Waals surface area (Å²) in [6, 6.07) is 21.3. The van der Waals surface area contributed by atoms with Gasteiger partial charge in [-0.15, -0.1) is 0 Å². The molecule has 4 rings (SSSR count). The van der Waals surface area contributed by atoms with E-state index in [4.69, 9.17) is 19.0 Å². The third kappa shape index (κ3) is 6.04. The molecule has 7 nitrogen and oxygen atoms in total. The van der Waals surface area contributed by atoms with Crippen LogP contribution in [0.3, 0.4) is 0 Å². The average molecular weight is 464 g/mol. The Labute approximate surface area is 196 Å².